The van der Waals surface area contributed by atoms with E-state index in [0.29, 0.717) is 22.1 Å². The summed E-state index contributed by atoms with van der Waals surface area (Å²) in [5.41, 5.74) is 2.05. The van der Waals surface area contributed by atoms with Crippen molar-refractivity contribution in [3.05, 3.63) is 58.6 Å². The van der Waals surface area contributed by atoms with Gasteiger partial charge >= 0.3 is 0 Å². The van der Waals surface area contributed by atoms with Crippen LogP contribution in [0.1, 0.15) is 11.1 Å². The van der Waals surface area contributed by atoms with Crippen LogP contribution in [0.25, 0.3) is 11.6 Å². The van der Waals surface area contributed by atoms with E-state index in [9.17, 15) is 5.26 Å². The number of benzene rings is 2. The molecule has 0 aliphatic carbocycles. The lowest BCUT2D eigenvalue weighted by Crippen LogP contribution is -1.92. The van der Waals surface area contributed by atoms with E-state index in [1.165, 1.54) is 0 Å². The summed E-state index contributed by atoms with van der Waals surface area (Å²) in [5, 5.41) is 9.99. The van der Waals surface area contributed by atoms with Gasteiger partial charge in [-0.1, -0.05) is 29.8 Å². The Morgan fingerprint density at radius 2 is 1.81 bits per heavy atom. The molecule has 106 valence electrons. The van der Waals surface area contributed by atoms with Crippen molar-refractivity contribution >= 4 is 23.3 Å². The first-order chi connectivity index (χ1) is 10.2. The summed E-state index contributed by atoms with van der Waals surface area (Å²) in [6, 6.07) is 14.9. The van der Waals surface area contributed by atoms with Crippen molar-refractivity contribution in [2.24, 2.45) is 0 Å². The molecule has 0 spiro atoms. The van der Waals surface area contributed by atoms with Gasteiger partial charge in [-0.15, -0.1) is 0 Å². The first-order valence-corrected chi connectivity index (χ1v) is 6.66. The molecule has 0 amide bonds. The zero-order valence-electron chi connectivity index (χ0n) is 11.8. The lowest BCUT2D eigenvalue weighted by molar-refractivity contribution is 0.355. The Labute approximate surface area is 129 Å². The van der Waals surface area contributed by atoms with Crippen molar-refractivity contribution in [1.82, 2.24) is 0 Å². The minimum Gasteiger partial charge on any atom is -0.493 e. The molecule has 0 aromatic heterocycles. The molecule has 0 saturated heterocycles. The van der Waals surface area contributed by atoms with Crippen LogP contribution in [-0.2, 0) is 0 Å². The normalized spacial score (nSPS) is 10.9. The number of hydrogen-bond acceptors (Lipinski definition) is 3. The highest BCUT2D eigenvalue weighted by molar-refractivity contribution is 6.32. The molecule has 0 N–H and O–H groups in total. The largest absolute Gasteiger partial charge is 0.493 e. The van der Waals surface area contributed by atoms with Crippen LogP contribution in [-0.4, -0.2) is 14.2 Å². The maximum atomic E-state index is 9.39. The lowest BCUT2D eigenvalue weighted by atomic mass is 10.0. The number of nitriles is 1. The van der Waals surface area contributed by atoms with E-state index < -0.39 is 0 Å². The van der Waals surface area contributed by atoms with Gasteiger partial charge < -0.3 is 9.47 Å². The first kappa shape index (κ1) is 15.0. The molecule has 0 atom stereocenters. The number of hydrogen-bond donors (Lipinski definition) is 0. The number of rotatable bonds is 4. The van der Waals surface area contributed by atoms with Gasteiger partial charge in [-0.3, -0.25) is 0 Å². The standard InChI is InChI=1S/C17H14ClNO2/c1-20-16-8-7-12(10-17(16)21-2)14(11-19)9-13-5-3-4-6-15(13)18/h3-10H,1-2H3/b14-9+. The molecule has 0 radical (unpaired) electrons. The Morgan fingerprint density at radius 1 is 1.10 bits per heavy atom. The molecular formula is C17H14ClNO2. The van der Waals surface area contributed by atoms with Gasteiger partial charge in [0.2, 0.25) is 0 Å². The van der Waals surface area contributed by atoms with Crippen LogP contribution < -0.4 is 9.47 Å². The number of allylic oxidation sites excluding steroid dienone is 1. The molecular weight excluding hydrogens is 286 g/mol. The van der Waals surface area contributed by atoms with Gasteiger partial charge in [-0.2, -0.15) is 5.26 Å². The average Bonchev–Trinajstić information content (AvgIpc) is 2.53. The van der Waals surface area contributed by atoms with Gasteiger partial charge in [0.05, 0.1) is 25.9 Å². The van der Waals surface area contributed by atoms with Crippen molar-refractivity contribution in [2.75, 3.05) is 14.2 Å². The van der Waals surface area contributed by atoms with Crippen LogP contribution in [0, 0.1) is 11.3 Å². The minimum absolute atomic E-state index is 0.504. The van der Waals surface area contributed by atoms with Crippen molar-refractivity contribution in [3.8, 4) is 17.6 Å². The summed E-state index contributed by atoms with van der Waals surface area (Å²) >= 11 is 6.12. The highest BCUT2D eigenvalue weighted by Gasteiger charge is 2.08. The van der Waals surface area contributed by atoms with E-state index in [4.69, 9.17) is 21.1 Å². The molecule has 3 nitrogen and oxygen atoms in total. The summed E-state index contributed by atoms with van der Waals surface area (Å²) in [4.78, 5) is 0. The average molecular weight is 300 g/mol. The Bertz CT molecular complexity index is 717. The summed E-state index contributed by atoms with van der Waals surface area (Å²) in [7, 11) is 3.13. The van der Waals surface area contributed by atoms with Crippen LogP contribution in [0.15, 0.2) is 42.5 Å². The molecule has 0 fully saturated rings. The second-order valence-electron chi connectivity index (χ2n) is 4.26. The molecule has 2 rings (SSSR count). The minimum atomic E-state index is 0.504. The van der Waals surface area contributed by atoms with Crippen LogP contribution in [0.2, 0.25) is 5.02 Å². The quantitative estimate of drug-likeness (QED) is 0.620. The Kier molecular flexibility index (Phi) is 4.86. The van der Waals surface area contributed by atoms with E-state index in [2.05, 4.69) is 6.07 Å². The van der Waals surface area contributed by atoms with Gasteiger partial charge in [-0.05, 0) is 41.5 Å². The topological polar surface area (TPSA) is 42.2 Å². The fraction of sp³-hybridized carbons (Fsp3) is 0.118. The Balaban J connectivity index is 2.48. The van der Waals surface area contributed by atoms with E-state index >= 15 is 0 Å². The third kappa shape index (κ3) is 3.36. The van der Waals surface area contributed by atoms with Crippen LogP contribution in [0.4, 0.5) is 0 Å². The van der Waals surface area contributed by atoms with Crippen LogP contribution in [0.5, 0.6) is 11.5 Å². The molecule has 0 aliphatic rings. The summed E-state index contributed by atoms with van der Waals surface area (Å²) in [6.07, 6.45) is 1.75. The number of halogens is 1. The summed E-state index contributed by atoms with van der Waals surface area (Å²) in [6.45, 7) is 0. The first-order valence-electron chi connectivity index (χ1n) is 6.28. The fourth-order valence-electron chi connectivity index (χ4n) is 1.93. The van der Waals surface area contributed by atoms with Gasteiger partial charge in [0.25, 0.3) is 0 Å². The monoisotopic (exact) mass is 299 g/mol. The zero-order valence-corrected chi connectivity index (χ0v) is 12.5. The van der Waals surface area contributed by atoms with Gasteiger partial charge in [0.15, 0.2) is 11.5 Å². The van der Waals surface area contributed by atoms with Crippen molar-refractivity contribution in [1.29, 1.82) is 5.26 Å². The second-order valence-corrected chi connectivity index (χ2v) is 4.67. The van der Waals surface area contributed by atoms with E-state index in [-0.39, 0.29) is 0 Å². The van der Waals surface area contributed by atoms with Crippen LogP contribution in [0.3, 0.4) is 0 Å². The maximum Gasteiger partial charge on any atom is 0.161 e. The maximum absolute atomic E-state index is 9.39. The molecule has 0 unspecified atom stereocenters. The summed E-state index contributed by atoms with van der Waals surface area (Å²) < 4.78 is 10.5. The van der Waals surface area contributed by atoms with E-state index in [0.717, 1.165) is 11.1 Å². The molecule has 0 heterocycles. The third-order valence-electron chi connectivity index (χ3n) is 3.02. The molecule has 0 aliphatic heterocycles. The molecule has 2 aromatic carbocycles. The Hall–Kier alpha value is -2.44. The predicted octanol–water partition coefficient (Wildman–Crippen LogP) is 4.42. The van der Waals surface area contributed by atoms with Crippen molar-refractivity contribution in [3.63, 3.8) is 0 Å². The number of ether oxygens (including phenoxy) is 2. The predicted molar refractivity (Wildman–Crippen MR) is 84.5 cm³/mol. The molecule has 0 bridgehead atoms. The molecule has 0 saturated carbocycles. The zero-order chi connectivity index (χ0) is 15.2. The third-order valence-corrected chi connectivity index (χ3v) is 3.36. The van der Waals surface area contributed by atoms with Crippen LogP contribution >= 0.6 is 11.6 Å². The molecule has 21 heavy (non-hydrogen) atoms. The molecule has 4 heteroatoms. The molecule has 2 aromatic rings. The van der Waals surface area contributed by atoms with Gasteiger partial charge in [-0.25, -0.2) is 0 Å². The van der Waals surface area contributed by atoms with Crippen molar-refractivity contribution < 1.29 is 9.47 Å². The second kappa shape index (κ2) is 6.83. The Morgan fingerprint density at radius 3 is 2.43 bits per heavy atom. The summed E-state index contributed by atoms with van der Waals surface area (Å²) in [5.74, 6) is 1.20. The van der Waals surface area contributed by atoms with Gasteiger partial charge in [0.1, 0.15) is 0 Å². The smallest absolute Gasteiger partial charge is 0.161 e. The van der Waals surface area contributed by atoms with Crippen molar-refractivity contribution in [2.45, 2.75) is 0 Å². The fourth-order valence-corrected chi connectivity index (χ4v) is 2.12. The lowest BCUT2D eigenvalue weighted by Gasteiger charge is -2.09. The van der Waals surface area contributed by atoms with Gasteiger partial charge in [0, 0.05) is 5.02 Å². The van der Waals surface area contributed by atoms with E-state index in [1.54, 1.807) is 38.5 Å². The van der Waals surface area contributed by atoms with E-state index in [1.807, 2.05) is 24.3 Å². The highest BCUT2D eigenvalue weighted by Crippen LogP contribution is 2.31. The number of nitrogens with zero attached hydrogens (tertiary/aromatic N) is 1. The number of methoxy groups -OCH3 is 2. The SMILES string of the molecule is COc1ccc(/C(C#N)=C/c2ccccc2Cl)cc1OC. The highest BCUT2D eigenvalue weighted by atomic mass is 35.5.